The fraction of sp³-hybridized carbons (Fsp3) is 0.300. The summed E-state index contributed by atoms with van der Waals surface area (Å²) in [6.07, 6.45) is 3.74. The van der Waals surface area contributed by atoms with Crippen molar-refractivity contribution >= 4 is 0 Å². The lowest BCUT2D eigenvalue weighted by Gasteiger charge is -2.03. The van der Waals surface area contributed by atoms with Crippen LogP contribution < -0.4 is 5.32 Å². The Labute approximate surface area is 82.9 Å². The summed E-state index contributed by atoms with van der Waals surface area (Å²) in [5.74, 6) is 0. The molecular weight excluding hydrogens is 176 g/mol. The fourth-order valence-electron chi connectivity index (χ4n) is 1.38. The first-order valence-corrected chi connectivity index (χ1v) is 4.66. The zero-order valence-corrected chi connectivity index (χ0v) is 8.20. The van der Waals surface area contributed by atoms with Crippen molar-refractivity contribution in [3.8, 4) is 0 Å². The third kappa shape index (κ3) is 2.03. The Morgan fingerprint density at radius 2 is 2.36 bits per heavy atom. The Bertz CT molecular complexity index is 374. The molecule has 0 aliphatic carbocycles. The molecule has 0 radical (unpaired) electrons. The maximum absolute atomic E-state index is 4.10. The van der Waals surface area contributed by atoms with Gasteiger partial charge in [-0.2, -0.15) is 5.10 Å². The van der Waals surface area contributed by atoms with E-state index in [0.717, 1.165) is 13.1 Å². The number of aromatic nitrogens is 3. The molecule has 0 unspecified atom stereocenters. The molecule has 0 bridgehead atoms. The third-order valence-corrected chi connectivity index (χ3v) is 2.21. The largest absolute Gasteiger partial charge is 0.364 e. The summed E-state index contributed by atoms with van der Waals surface area (Å²) >= 11 is 0. The molecule has 0 aromatic carbocycles. The van der Waals surface area contributed by atoms with Crippen molar-refractivity contribution in [2.24, 2.45) is 7.05 Å². The maximum Gasteiger partial charge on any atom is 0.0518 e. The molecule has 2 aromatic rings. The molecule has 4 nitrogen and oxygen atoms in total. The summed E-state index contributed by atoms with van der Waals surface area (Å²) in [7, 11) is 1.95. The van der Waals surface area contributed by atoms with Crippen LogP contribution in [0.3, 0.4) is 0 Å². The molecule has 2 aromatic heterocycles. The van der Waals surface area contributed by atoms with Gasteiger partial charge in [0.2, 0.25) is 0 Å². The van der Waals surface area contributed by atoms with Crippen LogP contribution in [0.1, 0.15) is 11.4 Å². The number of aryl methyl sites for hydroxylation is 1. The highest BCUT2D eigenvalue weighted by Crippen LogP contribution is 1.97. The van der Waals surface area contributed by atoms with E-state index in [4.69, 9.17) is 0 Å². The first kappa shape index (κ1) is 9.02. The molecule has 4 heteroatoms. The van der Waals surface area contributed by atoms with Crippen molar-refractivity contribution < 1.29 is 0 Å². The van der Waals surface area contributed by atoms with Crippen LogP contribution in [0.25, 0.3) is 0 Å². The molecule has 0 aliphatic rings. The van der Waals surface area contributed by atoms with E-state index in [0.29, 0.717) is 0 Å². The molecule has 0 aliphatic heterocycles. The van der Waals surface area contributed by atoms with Gasteiger partial charge in [0.15, 0.2) is 0 Å². The van der Waals surface area contributed by atoms with Crippen LogP contribution in [0.5, 0.6) is 0 Å². The zero-order valence-electron chi connectivity index (χ0n) is 8.20. The van der Waals surface area contributed by atoms with Crippen LogP contribution in [0, 0.1) is 0 Å². The van der Waals surface area contributed by atoms with E-state index in [1.165, 1.54) is 11.4 Å². The number of nitrogens with zero attached hydrogens (tertiary/aromatic N) is 2. The molecule has 2 N–H and O–H groups in total. The smallest absolute Gasteiger partial charge is 0.0518 e. The summed E-state index contributed by atoms with van der Waals surface area (Å²) < 4.78 is 1.88. The van der Waals surface area contributed by atoms with Gasteiger partial charge in [-0.1, -0.05) is 0 Å². The summed E-state index contributed by atoms with van der Waals surface area (Å²) in [6.45, 7) is 1.70. The van der Waals surface area contributed by atoms with Crippen LogP contribution in [-0.2, 0) is 20.1 Å². The molecule has 74 valence electrons. The molecule has 0 spiro atoms. The Hall–Kier alpha value is -1.55. The first-order chi connectivity index (χ1) is 6.86. The molecule has 0 amide bonds. The maximum atomic E-state index is 4.10. The zero-order chi connectivity index (χ0) is 9.80. The van der Waals surface area contributed by atoms with Gasteiger partial charge in [0.05, 0.1) is 5.69 Å². The highest BCUT2D eigenvalue weighted by molar-refractivity contribution is 5.04. The predicted octanol–water partition coefficient (Wildman–Crippen LogP) is 1.04. The Kier molecular flexibility index (Phi) is 2.65. The molecule has 0 atom stereocenters. The number of aromatic amines is 1. The van der Waals surface area contributed by atoms with Crippen molar-refractivity contribution in [3.63, 3.8) is 0 Å². The van der Waals surface area contributed by atoms with Crippen molar-refractivity contribution in [1.29, 1.82) is 0 Å². The van der Waals surface area contributed by atoms with Crippen molar-refractivity contribution in [2.45, 2.75) is 13.1 Å². The lowest BCUT2D eigenvalue weighted by Crippen LogP contribution is -2.15. The Morgan fingerprint density at radius 3 is 3.00 bits per heavy atom. The Morgan fingerprint density at radius 1 is 1.43 bits per heavy atom. The second-order valence-electron chi connectivity index (χ2n) is 3.25. The summed E-state index contributed by atoms with van der Waals surface area (Å²) in [4.78, 5) is 3.15. The topological polar surface area (TPSA) is 45.6 Å². The lowest BCUT2D eigenvalue weighted by atomic mass is 10.4. The molecule has 2 rings (SSSR count). The molecule has 0 saturated carbocycles. The van der Waals surface area contributed by atoms with E-state index in [1.54, 1.807) is 0 Å². The van der Waals surface area contributed by atoms with Crippen LogP contribution in [0.15, 0.2) is 30.6 Å². The number of nitrogens with one attached hydrogen (secondary N) is 2. The van der Waals surface area contributed by atoms with E-state index >= 15 is 0 Å². The average molecular weight is 190 g/mol. The van der Waals surface area contributed by atoms with E-state index in [9.17, 15) is 0 Å². The van der Waals surface area contributed by atoms with Gasteiger partial charge in [-0.05, 0) is 18.2 Å². The predicted molar refractivity (Wildman–Crippen MR) is 54.5 cm³/mol. The van der Waals surface area contributed by atoms with Gasteiger partial charge in [0.25, 0.3) is 0 Å². The highest BCUT2D eigenvalue weighted by Gasteiger charge is 1.97. The minimum Gasteiger partial charge on any atom is -0.364 e. The van der Waals surface area contributed by atoms with Gasteiger partial charge < -0.3 is 10.3 Å². The number of rotatable bonds is 4. The van der Waals surface area contributed by atoms with Gasteiger partial charge in [0.1, 0.15) is 0 Å². The fourth-order valence-corrected chi connectivity index (χ4v) is 1.38. The summed E-state index contributed by atoms with van der Waals surface area (Å²) in [6, 6.07) is 6.08. The monoisotopic (exact) mass is 190 g/mol. The minimum atomic E-state index is 0.843. The van der Waals surface area contributed by atoms with E-state index in [2.05, 4.69) is 21.5 Å². The van der Waals surface area contributed by atoms with Crippen LogP contribution >= 0.6 is 0 Å². The van der Waals surface area contributed by atoms with Gasteiger partial charge in [-0.3, -0.25) is 4.68 Å². The molecule has 2 heterocycles. The average Bonchev–Trinajstić information content (AvgIpc) is 2.78. The summed E-state index contributed by atoms with van der Waals surface area (Å²) in [5.41, 5.74) is 2.39. The summed E-state index contributed by atoms with van der Waals surface area (Å²) in [5, 5.41) is 7.44. The minimum absolute atomic E-state index is 0.843. The number of H-pyrrole nitrogens is 1. The van der Waals surface area contributed by atoms with E-state index in [-0.39, 0.29) is 0 Å². The standard InChI is InChI=1S/C10H14N4/c1-14-10(4-6-13-14)8-11-7-9-3-2-5-12-9/h2-6,11-12H,7-8H2,1H3. The quantitative estimate of drug-likeness (QED) is 0.756. The Balaban J connectivity index is 1.81. The second kappa shape index (κ2) is 4.11. The second-order valence-corrected chi connectivity index (χ2v) is 3.25. The van der Waals surface area contributed by atoms with E-state index in [1.807, 2.05) is 36.3 Å². The van der Waals surface area contributed by atoms with Crippen molar-refractivity contribution in [3.05, 3.63) is 42.0 Å². The number of hydrogen-bond acceptors (Lipinski definition) is 2. The van der Waals surface area contributed by atoms with E-state index < -0.39 is 0 Å². The number of hydrogen-bond donors (Lipinski definition) is 2. The normalized spacial score (nSPS) is 10.6. The molecule has 14 heavy (non-hydrogen) atoms. The molecule has 0 saturated heterocycles. The SMILES string of the molecule is Cn1nccc1CNCc1ccc[nH]1. The highest BCUT2D eigenvalue weighted by atomic mass is 15.3. The van der Waals surface area contributed by atoms with Gasteiger partial charge in [-0.15, -0.1) is 0 Å². The first-order valence-electron chi connectivity index (χ1n) is 4.66. The molecular formula is C10H14N4. The van der Waals surface area contributed by atoms with Crippen LogP contribution in [0.2, 0.25) is 0 Å². The van der Waals surface area contributed by atoms with Gasteiger partial charge in [0, 0.05) is 38.2 Å². The lowest BCUT2D eigenvalue weighted by molar-refractivity contribution is 0.621. The van der Waals surface area contributed by atoms with Gasteiger partial charge in [-0.25, -0.2) is 0 Å². The third-order valence-electron chi connectivity index (χ3n) is 2.21. The van der Waals surface area contributed by atoms with Crippen LogP contribution in [0.4, 0.5) is 0 Å². The van der Waals surface area contributed by atoms with Crippen molar-refractivity contribution in [2.75, 3.05) is 0 Å². The van der Waals surface area contributed by atoms with Crippen molar-refractivity contribution in [1.82, 2.24) is 20.1 Å². The van der Waals surface area contributed by atoms with Gasteiger partial charge >= 0.3 is 0 Å². The molecule has 0 fully saturated rings. The van der Waals surface area contributed by atoms with Crippen LogP contribution in [-0.4, -0.2) is 14.8 Å².